The molecule has 0 unspecified atom stereocenters. The minimum Gasteiger partial charge on any atom is -0.352 e. The summed E-state index contributed by atoms with van der Waals surface area (Å²) in [7, 11) is -3.69. The molecule has 5 nitrogen and oxygen atoms in total. The number of benzene rings is 2. The first kappa shape index (κ1) is 19.8. The zero-order valence-corrected chi connectivity index (χ0v) is 15.1. The fraction of sp³-hybridized carbons (Fsp3) is 0.278. The van der Waals surface area contributed by atoms with Crippen LogP contribution >= 0.6 is 0 Å². The topological polar surface area (TPSA) is 66.5 Å². The molecule has 1 N–H and O–H groups in total. The number of rotatable bonds is 8. The van der Waals surface area contributed by atoms with Gasteiger partial charge in [0, 0.05) is 25.6 Å². The molecule has 0 aromatic heterocycles. The van der Waals surface area contributed by atoms with E-state index in [-0.39, 0.29) is 31.0 Å². The maximum Gasteiger partial charge on any atom is 0.232 e. The molecule has 0 aliphatic rings. The van der Waals surface area contributed by atoms with E-state index in [1.165, 1.54) is 6.07 Å². The van der Waals surface area contributed by atoms with E-state index in [9.17, 15) is 22.0 Å². The lowest BCUT2D eigenvalue weighted by Crippen LogP contribution is -2.32. The first-order valence-electron chi connectivity index (χ1n) is 8.01. The number of halogens is 2. The van der Waals surface area contributed by atoms with E-state index in [4.69, 9.17) is 0 Å². The highest BCUT2D eigenvalue weighted by Gasteiger charge is 2.19. The van der Waals surface area contributed by atoms with Crippen molar-refractivity contribution in [2.24, 2.45) is 0 Å². The fourth-order valence-corrected chi connectivity index (χ4v) is 3.35. The number of hydrogen-bond donors (Lipinski definition) is 1. The van der Waals surface area contributed by atoms with Gasteiger partial charge in [-0.2, -0.15) is 0 Å². The Morgan fingerprint density at radius 2 is 1.77 bits per heavy atom. The van der Waals surface area contributed by atoms with Gasteiger partial charge in [0.05, 0.1) is 11.9 Å². The van der Waals surface area contributed by atoms with Crippen molar-refractivity contribution >= 4 is 21.6 Å². The van der Waals surface area contributed by atoms with Crippen molar-refractivity contribution in [3.63, 3.8) is 0 Å². The summed E-state index contributed by atoms with van der Waals surface area (Å²) in [6, 6.07) is 12.3. The van der Waals surface area contributed by atoms with Crippen LogP contribution in [0.25, 0.3) is 0 Å². The average molecular weight is 382 g/mol. The Morgan fingerprint density at radius 1 is 1.08 bits per heavy atom. The van der Waals surface area contributed by atoms with Crippen LogP contribution < -0.4 is 9.62 Å². The molecule has 26 heavy (non-hydrogen) atoms. The Kier molecular flexibility index (Phi) is 6.68. The second kappa shape index (κ2) is 8.75. The summed E-state index contributed by atoms with van der Waals surface area (Å²) in [6.45, 7) is 0.376. The van der Waals surface area contributed by atoms with Crippen molar-refractivity contribution in [1.29, 1.82) is 0 Å². The third-order valence-corrected chi connectivity index (χ3v) is 4.88. The predicted molar refractivity (Wildman–Crippen MR) is 96.1 cm³/mol. The Labute approximate surface area is 151 Å². The van der Waals surface area contributed by atoms with Gasteiger partial charge in [-0.15, -0.1) is 0 Å². The molecule has 0 aliphatic heterocycles. The van der Waals surface area contributed by atoms with Gasteiger partial charge in [0.2, 0.25) is 15.9 Å². The first-order valence-corrected chi connectivity index (χ1v) is 9.85. The van der Waals surface area contributed by atoms with E-state index in [1.54, 1.807) is 0 Å². The minimum atomic E-state index is -3.69. The number of sulfonamides is 1. The lowest BCUT2D eigenvalue weighted by Gasteiger charge is -2.22. The van der Waals surface area contributed by atoms with Gasteiger partial charge in [-0.1, -0.05) is 30.3 Å². The number of amides is 1. The van der Waals surface area contributed by atoms with Crippen molar-refractivity contribution in [1.82, 2.24) is 5.32 Å². The van der Waals surface area contributed by atoms with Gasteiger partial charge in [0.15, 0.2) is 11.6 Å². The molecule has 2 aromatic carbocycles. The second-order valence-corrected chi connectivity index (χ2v) is 7.71. The monoisotopic (exact) mass is 382 g/mol. The van der Waals surface area contributed by atoms with Gasteiger partial charge in [-0.05, 0) is 24.1 Å². The van der Waals surface area contributed by atoms with Gasteiger partial charge in [0.25, 0.3) is 0 Å². The molecule has 2 rings (SSSR count). The van der Waals surface area contributed by atoms with Gasteiger partial charge in [-0.3, -0.25) is 9.10 Å². The van der Waals surface area contributed by atoms with Crippen LogP contribution in [0.1, 0.15) is 18.4 Å². The zero-order chi connectivity index (χ0) is 19.2. The molecule has 1 amide bonds. The van der Waals surface area contributed by atoms with E-state index < -0.39 is 21.7 Å². The third kappa shape index (κ3) is 5.80. The Balaban J connectivity index is 1.91. The van der Waals surface area contributed by atoms with E-state index in [0.29, 0.717) is 6.54 Å². The molecule has 8 heteroatoms. The highest BCUT2D eigenvalue weighted by atomic mass is 32.2. The molecule has 0 bridgehead atoms. The average Bonchev–Trinajstić information content (AvgIpc) is 2.59. The molecule has 140 valence electrons. The summed E-state index contributed by atoms with van der Waals surface area (Å²) >= 11 is 0. The standard InChI is InChI=1S/C18H20F2N2O3S/c1-26(24,25)22(15-9-10-16(19)17(20)12-15)11-5-8-18(23)21-13-14-6-3-2-4-7-14/h2-4,6-7,9-10,12H,5,8,11,13H2,1H3,(H,21,23). The summed E-state index contributed by atoms with van der Waals surface area (Å²) in [4.78, 5) is 11.9. The van der Waals surface area contributed by atoms with Crippen LogP contribution in [0, 0.1) is 11.6 Å². The van der Waals surface area contributed by atoms with Crippen molar-refractivity contribution < 1.29 is 22.0 Å². The molecule has 0 saturated heterocycles. The Morgan fingerprint density at radius 3 is 2.38 bits per heavy atom. The molecule has 0 fully saturated rings. The van der Waals surface area contributed by atoms with Gasteiger partial charge in [-0.25, -0.2) is 17.2 Å². The molecular formula is C18H20F2N2O3S. The van der Waals surface area contributed by atoms with Crippen LogP contribution in [-0.2, 0) is 21.4 Å². The smallest absolute Gasteiger partial charge is 0.232 e. The molecule has 0 heterocycles. The predicted octanol–water partition coefficient (Wildman–Crippen LogP) is 2.83. The summed E-state index contributed by atoms with van der Waals surface area (Å²) in [5.74, 6) is -2.40. The highest BCUT2D eigenvalue weighted by Crippen LogP contribution is 2.21. The number of hydrogen-bond acceptors (Lipinski definition) is 3. The van der Waals surface area contributed by atoms with Gasteiger partial charge >= 0.3 is 0 Å². The van der Waals surface area contributed by atoms with Crippen LogP contribution in [0.3, 0.4) is 0 Å². The minimum absolute atomic E-state index is 0.0112. The summed E-state index contributed by atoms with van der Waals surface area (Å²) < 4.78 is 51.2. The normalized spacial score (nSPS) is 11.2. The molecule has 0 spiro atoms. The maximum atomic E-state index is 13.4. The van der Waals surface area contributed by atoms with E-state index in [1.807, 2.05) is 30.3 Å². The lowest BCUT2D eigenvalue weighted by atomic mass is 10.2. The molecule has 2 aromatic rings. The SMILES string of the molecule is CS(=O)(=O)N(CCCC(=O)NCc1ccccc1)c1ccc(F)c(F)c1. The zero-order valence-electron chi connectivity index (χ0n) is 14.3. The first-order chi connectivity index (χ1) is 12.3. The lowest BCUT2D eigenvalue weighted by molar-refractivity contribution is -0.121. The van der Waals surface area contributed by atoms with Gasteiger partial charge < -0.3 is 5.32 Å². The van der Waals surface area contributed by atoms with E-state index >= 15 is 0 Å². The molecule has 0 atom stereocenters. The quantitative estimate of drug-likeness (QED) is 0.764. The van der Waals surface area contributed by atoms with E-state index in [2.05, 4.69) is 5.32 Å². The highest BCUT2D eigenvalue weighted by molar-refractivity contribution is 7.92. The summed E-state index contributed by atoms with van der Waals surface area (Å²) in [5.41, 5.74) is 0.983. The molecular weight excluding hydrogens is 362 g/mol. The molecule has 0 saturated carbocycles. The number of carbonyl (C=O) groups is 1. The maximum absolute atomic E-state index is 13.4. The number of nitrogens with zero attached hydrogens (tertiary/aromatic N) is 1. The van der Waals surface area contributed by atoms with Crippen LogP contribution in [0.15, 0.2) is 48.5 Å². The van der Waals surface area contributed by atoms with Crippen LogP contribution in [0.2, 0.25) is 0 Å². The van der Waals surface area contributed by atoms with Crippen molar-refractivity contribution in [2.45, 2.75) is 19.4 Å². The van der Waals surface area contributed by atoms with Crippen LogP contribution in [0.4, 0.5) is 14.5 Å². The van der Waals surface area contributed by atoms with Crippen LogP contribution in [-0.4, -0.2) is 27.1 Å². The number of anilines is 1. The van der Waals surface area contributed by atoms with Crippen molar-refractivity contribution in [3.8, 4) is 0 Å². The second-order valence-electron chi connectivity index (χ2n) is 5.80. The van der Waals surface area contributed by atoms with Crippen LogP contribution in [0.5, 0.6) is 0 Å². The molecule has 0 radical (unpaired) electrons. The number of nitrogens with one attached hydrogen (secondary N) is 1. The Bertz CT molecular complexity index is 858. The third-order valence-electron chi connectivity index (χ3n) is 3.69. The van der Waals surface area contributed by atoms with Crippen molar-refractivity contribution in [2.75, 3.05) is 17.1 Å². The Hall–Kier alpha value is -2.48. The fourth-order valence-electron chi connectivity index (χ4n) is 2.39. The van der Waals surface area contributed by atoms with E-state index in [0.717, 1.165) is 28.3 Å². The summed E-state index contributed by atoms with van der Waals surface area (Å²) in [6.07, 6.45) is 1.33. The van der Waals surface area contributed by atoms with Crippen molar-refractivity contribution in [3.05, 3.63) is 65.7 Å². The largest absolute Gasteiger partial charge is 0.352 e. The van der Waals surface area contributed by atoms with Gasteiger partial charge in [0.1, 0.15) is 0 Å². The summed E-state index contributed by atoms with van der Waals surface area (Å²) in [5, 5.41) is 2.75. The number of carbonyl (C=O) groups excluding carboxylic acids is 1. The molecule has 0 aliphatic carbocycles.